The Labute approximate surface area is 398 Å². The van der Waals surface area contributed by atoms with Crippen molar-refractivity contribution >= 4 is 17.1 Å². The fraction of sp³-hybridized carbons (Fsp3) is 0.0149. The molecular weight excluding hydrogens is 819 g/mol. The summed E-state index contributed by atoms with van der Waals surface area (Å²) in [6.45, 7) is 0. The predicted molar refractivity (Wildman–Crippen MR) is 285 cm³/mol. The van der Waals surface area contributed by atoms with E-state index in [0.717, 1.165) is 17.1 Å². The van der Waals surface area contributed by atoms with Crippen molar-refractivity contribution in [1.82, 2.24) is 0 Å². The Kier molecular flexibility index (Phi) is 9.47. The SMILES string of the molecule is c1ccc(-c2ccc(-c3ccc(N(c4ccc5c(c4)-c4ccccc4C54c5ccccc5-c5ccccc54)c4cccc(-c5ccccc5)c4-c4ccccc4-c4ccccc4)cc3)cc2)cc1. The molecule has 318 valence electrons. The van der Waals surface area contributed by atoms with Crippen LogP contribution in [-0.2, 0) is 5.41 Å². The van der Waals surface area contributed by atoms with Crippen LogP contribution >= 0.6 is 0 Å². The molecule has 11 aromatic rings. The topological polar surface area (TPSA) is 3.24 Å². The zero-order chi connectivity index (χ0) is 45.0. The summed E-state index contributed by atoms with van der Waals surface area (Å²) in [6, 6.07) is 101. The average molecular weight is 864 g/mol. The minimum absolute atomic E-state index is 0.423. The maximum atomic E-state index is 2.50. The van der Waals surface area contributed by atoms with Gasteiger partial charge in [-0.2, -0.15) is 0 Å². The van der Waals surface area contributed by atoms with Crippen LogP contribution in [0, 0.1) is 0 Å². The molecule has 13 rings (SSSR count). The van der Waals surface area contributed by atoms with E-state index in [0.29, 0.717) is 0 Å². The number of nitrogens with zero attached hydrogens (tertiary/aromatic N) is 1. The maximum absolute atomic E-state index is 2.50. The highest BCUT2D eigenvalue weighted by molar-refractivity contribution is 6.02. The zero-order valence-electron chi connectivity index (χ0n) is 37.4. The van der Waals surface area contributed by atoms with E-state index in [9.17, 15) is 0 Å². The maximum Gasteiger partial charge on any atom is 0.0725 e. The first-order valence-corrected chi connectivity index (χ1v) is 23.6. The molecule has 0 saturated carbocycles. The second kappa shape index (κ2) is 16.3. The highest BCUT2D eigenvalue weighted by Crippen LogP contribution is 2.63. The van der Waals surface area contributed by atoms with Crippen LogP contribution in [0.2, 0.25) is 0 Å². The van der Waals surface area contributed by atoms with Crippen molar-refractivity contribution in [3.8, 4) is 77.9 Å². The molecule has 0 fully saturated rings. The molecule has 1 heteroatoms. The molecule has 0 aromatic heterocycles. The van der Waals surface area contributed by atoms with Gasteiger partial charge in [-0.05, 0) is 125 Å². The molecule has 11 aromatic carbocycles. The summed E-state index contributed by atoms with van der Waals surface area (Å²) in [5, 5.41) is 0. The largest absolute Gasteiger partial charge is 0.310 e. The van der Waals surface area contributed by atoms with Crippen molar-refractivity contribution in [2.45, 2.75) is 5.41 Å². The minimum atomic E-state index is -0.423. The lowest BCUT2D eigenvalue weighted by Gasteiger charge is -2.32. The number of benzene rings is 11. The first-order chi connectivity index (χ1) is 33.8. The normalized spacial score (nSPS) is 12.5. The lowest BCUT2D eigenvalue weighted by atomic mass is 9.70. The summed E-state index contributed by atoms with van der Waals surface area (Å²) in [5.74, 6) is 0. The van der Waals surface area contributed by atoms with Crippen LogP contribution in [0.1, 0.15) is 22.3 Å². The molecule has 1 nitrogen and oxygen atoms in total. The van der Waals surface area contributed by atoms with Crippen LogP contribution in [0.25, 0.3) is 77.9 Å². The summed E-state index contributed by atoms with van der Waals surface area (Å²) >= 11 is 0. The van der Waals surface area contributed by atoms with Gasteiger partial charge >= 0.3 is 0 Å². The van der Waals surface area contributed by atoms with E-state index < -0.39 is 5.41 Å². The van der Waals surface area contributed by atoms with Crippen LogP contribution in [-0.4, -0.2) is 0 Å². The number of hydrogen-bond acceptors (Lipinski definition) is 1. The van der Waals surface area contributed by atoms with Crippen molar-refractivity contribution in [3.05, 3.63) is 295 Å². The summed E-state index contributed by atoms with van der Waals surface area (Å²) in [5.41, 5.74) is 25.2. The van der Waals surface area contributed by atoms with Gasteiger partial charge < -0.3 is 4.90 Å². The van der Waals surface area contributed by atoms with E-state index in [-0.39, 0.29) is 0 Å². The Morgan fingerprint density at radius 3 is 1.13 bits per heavy atom. The predicted octanol–water partition coefficient (Wildman–Crippen LogP) is 17.8. The van der Waals surface area contributed by atoms with Crippen LogP contribution in [0.3, 0.4) is 0 Å². The Hall–Kier alpha value is -8.78. The molecule has 0 heterocycles. The summed E-state index contributed by atoms with van der Waals surface area (Å²) in [6.07, 6.45) is 0. The molecular formula is C67H45N. The fourth-order valence-electron chi connectivity index (χ4n) is 11.4. The number of rotatable bonds is 8. The molecule has 0 N–H and O–H groups in total. The fourth-order valence-corrected chi connectivity index (χ4v) is 11.4. The minimum Gasteiger partial charge on any atom is -0.310 e. The van der Waals surface area contributed by atoms with Crippen molar-refractivity contribution in [1.29, 1.82) is 0 Å². The van der Waals surface area contributed by atoms with E-state index in [1.54, 1.807) is 0 Å². The van der Waals surface area contributed by atoms with Crippen LogP contribution in [0.4, 0.5) is 17.1 Å². The van der Waals surface area contributed by atoms with Gasteiger partial charge in [0, 0.05) is 16.9 Å². The third-order valence-electron chi connectivity index (χ3n) is 14.3. The van der Waals surface area contributed by atoms with Crippen molar-refractivity contribution in [3.63, 3.8) is 0 Å². The Morgan fingerprint density at radius 2 is 0.588 bits per heavy atom. The van der Waals surface area contributed by atoms with Gasteiger partial charge in [0.1, 0.15) is 0 Å². The second-order valence-corrected chi connectivity index (χ2v) is 17.9. The first-order valence-electron chi connectivity index (χ1n) is 23.6. The standard InChI is InChI=1S/C67H45N/c1-4-19-46(20-5-1)47-35-37-48(38-36-47)49-39-41-52(42-40-49)68(65-34-18-30-55(51-23-8-3-9-24-51)66(65)59-29-11-10-25-54(59)50-21-6-2-7-22-50)53-43-44-64-60(45-53)58-28-14-17-33-63(58)67(64)61-31-15-12-26-56(61)57-27-13-16-32-62(57)67/h1-45H. The van der Waals surface area contributed by atoms with Gasteiger partial charge in [0.05, 0.1) is 11.1 Å². The molecule has 2 aliphatic carbocycles. The average Bonchev–Trinajstić information content (AvgIpc) is 3.89. The Morgan fingerprint density at radius 1 is 0.221 bits per heavy atom. The Bertz CT molecular complexity index is 3600. The van der Waals surface area contributed by atoms with Gasteiger partial charge in [-0.25, -0.2) is 0 Å². The monoisotopic (exact) mass is 863 g/mol. The Balaban J connectivity index is 1.04. The number of hydrogen-bond donors (Lipinski definition) is 0. The van der Waals surface area contributed by atoms with Gasteiger partial charge in [-0.3, -0.25) is 0 Å². The van der Waals surface area contributed by atoms with E-state index in [1.807, 2.05) is 0 Å². The van der Waals surface area contributed by atoms with Crippen LogP contribution in [0.5, 0.6) is 0 Å². The van der Waals surface area contributed by atoms with Gasteiger partial charge in [0.2, 0.25) is 0 Å². The third kappa shape index (κ3) is 6.24. The van der Waals surface area contributed by atoms with Gasteiger partial charge in [0.15, 0.2) is 0 Å². The highest BCUT2D eigenvalue weighted by Gasteiger charge is 2.51. The van der Waals surface area contributed by atoms with Crippen molar-refractivity contribution in [2.24, 2.45) is 0 Å². The summed E-state index contributed by atoms with van der Waals surface area (Å²) in [7, 11) is 0. The van der Waals surface area contributed by atoms with Gasteiger partial charge in [-0.1, -0.05) is 243 Å². The van der Waals surface area contributed by atoms with E-state index in [1.165, 1.54) is 100 Å². The molecule has 0 amide bonds. The zero-order valence-corrected chi connectivity index (χ0v) is 37.4. The first kappa shape index (κ1) is 39.6. The molecule has 68 heavy (non-hydrogen) atoms. The molecule has 0 atom stereocenters. The van der Waals surface area contributed by atoms with E-state index >= 15 is 0 Å². The molecule has 0 bridgehead atoms. The molecule has 0 radical (unpaired) electrons. The second-order valence-electron chi connectivity index (χ2n) is 17.9. The number of anilines is 3. The van der Waals surface area contributed by atoms with Crippen LogP contribution < -0.4 is 4.90 Å². The van der Waals surface area contributed by atoms with Gasteiger partial charge in [0.25, 0.3) is 0 Å². The van der Waals surface area contributed by atoms with Crippen molar-refractivity contribution < 1.29 is 0 Å². The molecule has 0 aliphatic heterocycles. The van der Waals surface area contributed by atoms with E-state index in [4.69, 9.17) is 0 Å². The van der Waals surface area contributed by atoms with Crippen molar-refractivity contribution in [2.75, 3.05) is 4.90 Å². The third-order valence-corrected chi connectivity index (χ3v) is 14.3. The van der Waals surface area contributed by atoms with Crippen LogP contribution in [0.15, 0.2) is 273 Å². The van der Waals surface area contributed by atoms with E-state index in [2.05, 4.69) is 278 Å². The smallest absolute Gasteiger partial charge is 0.0725 e. The molecule has 0 saturated heterocycles. The quantitative estimate of drug-likeness (QED) is 0.147. The summed E-state index contributed by atoms with van der Waals surface area (Å²) in [4.78, 5) is 2.50. The lowest BCUT2D eigenvalue weighted by Crippen LogP contribution is -2.25. The highest BCUT2D eigenvalue weighted by atomic mass is 15.1. The van der Waals surface area contributed by atoms with Gasteiger partial charge in [-0.15, -0.1) is 0 Å². The number of fused-ring (bicyclic) bond motifs is 10. The molecule has 2 aliphatic rings. The lowest BCUT2D eigenvalue weighted by molar-refractivity contribution is 0.794. The summed E-state index contributed by atoms with van der Waals surface area (Å²) < 4.78 is 0. The molecule has 1 spiro atoms. The molecule has 0 unspecified atom stereocenters.